The molecule has 1 saturated heterocycles. The molecular weight excluding hydrogens is 600 g/mol. The normalized spacial score (nSPS) is 19.1. The molecule has 3 heterocycles. The third kappa shape index (κ3) is 7.63. The summed E-state index contributed by atoms with van der Waals surface area (Å²) in [6.45, 7) is 3.02. The number of nitrogens with one attached hydrogen (secondary N) is 1. The number of fused-ring (bicyclic) bond motifs is 5. The van der Waals surface area contributed by atoms with Crippen molar-refractivity contribution in [3.05, 3.63) is 95.7 Å². The second-order valence-electron chi connectivity index (χ2n) is 11.6. The number of aryl methyl sites for hydroxylation is 1. The van der Waals surface area contributed by atoms with Gasteiger partial charge in [-0.15, -0.1) is 0 Å². The molecule has 3 amide bonds. The fraction of sp³-hybridized carbons (Fsp3) is 0.333. The average molecular weight is 639 g/mol. The highest BCUT2D eigenvalue weighted by molar-refractivity contribution is 5.93. The summed E-state index contributed by atoms with van der Waals surface area (Å²) >= 11 is 0. The van der Waals surface area contributed by atoms with Crippen molar-refractivity contribution in [3.8, 4) is 28.6 Å². The SMILES string of the molecule is CCN1CC(=O)N[C@H]2CCN(C(=O)c3cc(-c4ccccc4)on3)C[C@@H]2OCc2cccc(c2)Oc2cc(ccc2OC)CCC1=O. The molecule has 4 bridgehead atoms. The van der Waals surface area contributed by atoms with Crippen molar-refractivity contribution in [1.29, 1.82) is 0 Å². The fourth-order valence-electron chi connectivity index (χ4n) is 5.91. The van der Waals surface area contributed by atoms with Gasteiger partial charge in [-0.1, -0.05) is 53.7 Å². The summed E-state index contributed by atoms with van der Waals surface area (Å²) < 4.78 is 23.7. The summed E-state index contributed by atoms with van der Waals surface area (Å²) in [5, 5.41) is 7.13. The standard InChI is InChI=1S/C36H38N4O7/c1-3-39-22-34(41)37-28-16-17-40(36(43)29-20-31(47-38-29)26-9-5-4-6-10-26)21-33(28)45-23-25-8-7-11-27(18-25)46-32-19-24(13-15-35(39)42)12-14-30(32)44-2/h4-12,14,18-20,28,33H,3,13,15-17,21-23H2,1-2H3,(H,37,41)/t28-,33-/m0/s1. The number of hydrogen-bond donors (Lipinski definition) is 1. The van der Waals surface area contributed by atoms with Gasteiger partial charge < -0.3 is 33.9 Å². The molecule has 11 heteroatoms. The van der Waals surface area contributed by atoms with E-state index in [9.17, 15) is 14.4 Å². The van der Waals surface area contributed by atoms with Gasteiger partial charge in [0.25, 0.3) is 5.91 Å². The number of amides is 3. The van der Waals surface area contributed by atoms with Crippen LogP contribution in [0.3, 0.4) is 0 Å². The van der Waals surface area contributed by atoms with Crippen molar-refractivity contribution in [1.82, 2.24) is 20.3 Å². The number of likely N-dealkylation sites (N-methyl/N-ethyl adjacent to an activating group) is 1. The van der Waals surface area contributed by atoms with Crippen molar-refractivity contribution in [2.24, 2.45) is 0 Å². The second kappa shape index (κ2) is 14.5. The number of likely N-dealkylation sites (tertiary alicyclic amines) is 1. The molecule has 0 saturated carbocycles. The smallest absolute Gasteiger partial charge is 0.276 e. The topological polar surface area (TPSA) is 123 Å². The van der Waals surface area contributed by atoms with Crippen molar-refractivity contribution >= 4 is 17.7 Å². The minimum atomic E-state index is -0.525. The van der Waals surface area contributed by atoms with E-state index < -0.39 is 6.10 Å². The summed E-state index contributed by atoms with van der Waals surface area (Å²) in [6.07, 6.45) is 0.660. The monoisotopic (exact) mass is 638 g/mol. The van der Waals surface area contributed by atoms with Crippen molar-refractivity contribution in [2.45, 2.75) is 44.9 Å². The van der Waals surface area contributed by atoms with Gasteiger partial charge in [0, 0.05) is 37.7 Å². The summed E-state index contributed by atoms with van der Waals surface area (Å²) in [4.78, 5) is 43.2. The van der Waals surface area contributed by atoms with E-state index >= 15 is 0 Å². The minimum Gasteiger partial charge on any atom is -0.493 e. The van der Waals surface area contributed by atoms with Gasteiger partial charge in [-0.05, 0) is 55.2 Å². The van der Waals surface area contributed by atoms with Crippen LogP contribution in [0, 0.1) is 0 Å². The van der Waals surface area contributed by atoms with Crippen LogP contribution in [0.25, 0.3) is 11.3 Å². The van der Waals surface area contributed by atoms with Gasteiger partial charge in [-0.25, -0.2) is 0 Å². The molecule has 2 aliphatic rings. The van der Waals surface area contributed by atoms with E-state index in [-0.39, 0.29) is 55.6 Å². The van der Waals surface area contributed by atoms with E-state index in [1.807, 2.05) is 79.7 Å². The largest absolute Gasteiger partial charge is 0.493 e. The van der Waals surface area contributed by atoms with Crippen LogP contribution in [-0.2, 0) is 27.4 Å². The Hall–Kier alpha value is -5.16. The third-order valence-corrected chi connectivity index (χ3v) is 8.50. The Kier molecular flexibility index (Phi) is 9.82. The first-order valence-electron chi connectivity index (χ1n) is 15.8. The number of hydrogen-bond acceptors (Lipinski definition) is 8. The van der Waals surface area contributed by atoms with Gasteiger partial charge in [0.2, 0.25) is 11.8 Å². The minimum absolute atomic E-state index is 0.0680. The van der Waals surface area contributed by atoms with Crippen LogP contribution in [-0.4, -0.2) is 78.1 Å². The highest BCUT2D eigenvalue weighted by Gasteiger charge is 2.35. The van der Waals surface area contributed by atoms with E-state index in [4.69, 9.17) is 18.7 Å². The predicted octanol–water partition coefficient (Wildman–Crippen LogP) is 4.85. The number of carbonyl (C=O) groups excluding carboxylic acids is 3. The zero-order valence-corrected chi connectivity index (χ0v) is 26.5. The van der Waals surface area contributed by atoms with Crippen LogP contribution >= 0.6 is 0 Å². The van der Waals surface area contributed by atoms with Crippen LogP contribution in [0.1, 0.15) is 41.4 Å². The molecule has 2 atom stereocenters. The lowest BCUT2D eigenvalue weighted by Crippen LogP contribution is -2.57. The molecule has 1 fully saturated rings. The van der Waals surface area contributed by atoms with E-state index in [1.54, 1.807) is 23.0 Å². The maximum atomic E-state index is 13.6. The van der Waals surface area contributed by atoms with Gasteiger partial charge in [-0.2, -0.15) is 0 Å². The van der Waals surface area contributed by atoms with Crippen molar-refractivity contribution in [2.75, 3.05) is 33.3 Å². The van der Waals surface area contributed by atoms with Crippen LogP contribution in [0.15, 0.2) is 83.4 Å². The van der Waals surface area contributed by atoms with E-state index in [2.05, 4.69) is 10.5 Å². The Bertz CT molecular complexity index is 1720. The lowest BCUT2D eigenvalue weighted by molar-refractivity contribution is -0.136. The molecule has 2 aliphatic heterocycles. The summed E-state index contributed by atoms with van der Waals surface area (Å²) in [5.41, 5.74) is 2.80. The van der Waals surface area contributed by atoms with E-state index in [0.717, 1.165) is 16.7 Å². The number of benzene rings is 3. The van der Waals surface area contributed by atoms with Crippen LogP contribution in [0.4, 0.5) is 0 Å². The Balaban J connectivity index is 1.24. The molecule has 0 radical (unpaired) electrons. The Morgan fingerprint density at radius 3 is 2.66 bits per heavy atom. The zero-order chi connectivity index (χ0) is 32.8. The lowest BCUT2D eigenvalue weighted by Gasteiger charge is -2.38. The van der Waals surface area contributed by atoms with Crippen molar-refractivity contribution in [3.63, 3.8) is 0 Å². The highest BCUT2D eigenvalue weighted by Crippen LogP contribution is 2.33. The number of methoxy groups -OCH3 is 1. The molecule has 47 heavy (non-hydrogen) atoms. The summed E-state index contributed by atoms with van der Waals surface area (Å²) in [6, 6.07) is 23.9. The van der Waals surface area contributed by atoms with Crippen LogP contribution in [0.2, 0.25) is 0 Å². The Morgan fingerprint density at radius 2 is 1.85 bits per heavy atom. The third-order valence-electron chi connectivity index (χ3n) is 8.50. The Labute approximate surface area is 273 Å². The molecule has 244 valence electrons. The average Bonchev–Trinajstić information content (AvgIpc) is 3.60. The van der Waals surface area contributed by atoms with Gasteiger partial charge in [0.05, 0.1) is 32.4 Å². The number of rotatable bonds is 4. The van der Waals surface area contributed by atoms with Gasteiger partial charge in [0.1, 0.15) is 5.75 Å². The van der Waals surface area contributed by atoms with Gasteiger partial charge in [-0.3, -0.25) is 14.4 Å². The lowest BCUT2D eigenvalue weighted by atomic mass is 10.0. The molecule has 4 aromatic rings. The van der Waals surface area contributed by atoms with Crippen LogP contribution in [0.5, 0.6) is 17.2 Å². The maximum absolute atomic E-state index is 13.6. The Morgan fingerprint density at radius 1 is 1.00 bits per heavy atom. The van der Waals surface area contributed by atoms with Gasteiger partial charge >= 0.3 is 0 Å². The first-order chi connectivity index (χ1) is 22.9. The second-order valence-corrected chi connectivity index (χ2v) is 11.6. The number of aromatic nitrogens is 1. The maximum Gasteiger partial charge on any atom is 0.276 e. The summed E-state index contributed by atoms with van der Waals surface area (Å²) in [5.74, 6) is 1.54. The molecule has 1 aromatic heterocycles. The number of ether oxygens (including phenoxy) is 3. The van der Waals surface area contributed by atoms with E-state index in [1.165, 1.54) is 0 Å². The first-order valence-corrected chi connectivity index (χ1v) is 15.8. The van der Waals surface area contributed by atoms with Gasteiger partial charge in [0.15, 0.2) is 23.0 Å². The molecule has 1 N–H and O–H groups in total. The van der Waals surface area contributed by atoms with E-state index in [0.29, 0.717) is 48.9 Å². The highest BCUT2D eigenvalue weighted by atomic mass is 16.5. The van der Waals surface area contributed by atoms with Crippen molar-refractivity contribution < 1.29 is 33.1 Å². The molecule has 3 aromatic carbocycles. The molecule has 11 nitrogen and oxygen atoms in total. The number of nitrogens with zero attached hydrogens (tertiary/aromatic N) is 3. The fourth-order valence-corrected chi connectivity index (χ4v) is 5.91. The molecular formula is C36H38N4O7. The molecule has 0 unspecified atom stereocenters. The number of carbonyl (C=O) groups is 3. The zero-order valence-electron chi connectivity index (χ0n) is 26.5. The number of piperidine rings is 1. The predicted molar refractivity (Wildman–Crippen MR) is 173 cm³/mol. The molecule has 0 aliphatic carbocycles. The quantitative estimate of drug-likeness (QED) is 0.337. The molecule has 0 spiro atoms. The first kappa shape index (κ1) is 31.8. The summed E-state index contributed by atoms with van der Waals surface area (Å²) in [7, 11) is 1.58. The van der Waals surface area contributed by atoms with Crippen LogP contribution < -0.4 is 14.8 Å². The molecule has 6 rings (SSSR count).